The Hall–Kier alpha value is -1.48. The van der Waals surface area contributed by atoms with Gasteiger partial charge in [0, 0.05) is 25.9 Å². The maximum absolute atomic E-state index is 11.7. The van der Waals surface area contributed by atoms with Crippen molar-refractivity contribution in [3.63, 3.8) is 0 Å². The number of thioether (sulfide) groups is 1. The monoisotopic (exact) mass is 268 g/mol. The van der Waals surface area contributed by atoms with E-state index in [9.17, 15) is 9.59 Å². The van der Waals surface area contributed by atoms with Crippen molar-refractivity contribution in [2.45, 2.75) is 19.8 Å². The smallest absolute Gasteiger partial charge is 0.351 e. The lowest BCUT2D eigenvalue weighted by Crippen LogP contribution is -2.33. The van der Waals surface area contributed by atoms with Crippen LogP contribution in [0.3, 0.4) is 0 Å². The third kappa shape index (κ3) is 3.50. The number of Topliss-reactive ketones (excluding diaryl/α,β-unsaturated/α-hetero) is 1. The maximum atomic E-state index is 11.7. The number of ketones is 1. The minimum Gasteiger partial charge on any atom is -0.462 e. The molecule has 5 nitrogen and oxygen atoms in total. The molecule has 0 aromatic heterocycles. The molecule has 1 heterocycles. The number of piperidine rings is 1. The summed E-state index contributed by atoms with van der Waals surface area (Å²) in [5.41, 5.74) is 0.0266. The zero-order valence-electron chi connectivity index (χ0n) is 10.6. The van der Waals surface area contributed by atoms with Gasteiger partial charge in [-0.3, -0.25) is 4.79 Å². The van der Waals surface area contributed by atoms with Crippen LogP contribution >= 0.6 is 11.8 Å². The van der Waals surface area contributed by atoms with Crippen molar-refractivity contribution in [1.82, 2.24) is 4.90 Å². The van der Waals surface area contributed by atoms with E-state index in [1.807, 2.05) is 17.2 Å². The second kappa shape index (κ2) is 7.07. The molecule has 1 aliphatic rings. The molecule has 1 aliphatic heterocycles. The Morgan fingerprint density at radius 1 is 1.50 bits per heavy atom. The van der Waals surface area contributed by atoms with Crippen LogP contribution in [-0.4, -0.2) is 42.6 Å². The van der Waals surface area contributed by atoms with E-state index in [1.54, 1.807) is 6.92 Å². The third-order valence-corrected chi connectivity index (χ3v) is 3.46. The van der Waals surface area contributed by atoms with Crippen LogP contribution in [0.25, 0.3) is 0 Å². The van der Waals surface area contributed by atoms with E-state index in [0.717, 1.165) is 0 Å². The van der Waals surface area contributed by atoms with Crippen LogP contribution in [0.4, 0.5) is 0 Å². The highest BCUT2D eigenvalue weighted by Gasteiger charge is 2.24. The molecule has 0 bridgehead atoms. The lowest BCUT2D eigenvalue weighted by Gasteiger charge is -2.29. The summed E-state index contributed by atoms with van der Waals surface area (Å²) in [6, 6.07) is 1.90. The fraction of sp³-hybridized carbons (Fsp3) is 0.583. The highest BCUT2D eigenvalue weighted by molar-refractivity contribution is 8.02. The van der Waals surface area contributed by atoms with Gasteiger partial charge in [0.15, 0.2) is 5.57 Å². The number of carbonyl (C=O) groups excluding carboxylic acids is 2. The van der Waals surface area contributed by atoms with E-state index in [1.165, 1.54) is 11.8 Å². The number of nitriles is 1. The molecule has 1 rings (SSSR count). The summed E-state index contributed by atoms with van der Waals surface area (Å²) in [7, 11) is 0. The molecule has 0 N–H and O–H groups in total. The number of rotatable bonds is 4. The number of hydrogen-bond donors (Lipinski definition) is 0. The first-order chi connectivity index (χ1) is 8.63. The maximum Gasteiger partial charge on any atom is 0.351 e. The normalized spacial score (nSPS) is 16.9. The Morgan fingerprint density at radius 2 is 2.11 bits per heavy atom. The Kier molecular flexibility index (Phi) is 5.72. The molecule has 0 amide bonds. The Bertz CT molecular complexity index is 402. The molecule has 0 aliphatic carbocycles. The molecule has 0 spiro atoms. The highest BCUT2D eigenvalue weighted by atomic mass is 32.2. The molecule has 6 heteroatoms. The van der Waals surface area contributed by atoms with E-state index in [0.29, 0.717) is 31.0 Å². The van der Waals surface area contributed by atoms with Crippen LogP contribution in [0, 0.1) is 11.3 Å². The minimum atomic E-state index is -0.596. The topological polar surface area (TPSA) is 70.4 Å². The van der Waals surface area contributed by atoms with Crippen molar-refractivity contribution in [1.29, 1.82) is 5.26 Å². The van der Waals surface area contributed by atoms with Crippen LogP contribution in [-0.2, 0) is 14.3 Å². The van der Waals surface area contributed by atoms with Crippen molar-refractivity contribution >= 4 is 23.5 Å². The SMILES string of the molecule is CCOC(=O)/C(C#N)=C(\SC)N1CCC(=O)CC1. The second-order valence-corrected chi connectivity index (χ2v) is 4.54. The molecule has 0 aromatic rings. The number of esters is 1. The third-order valence-electron chi connectivity index (χ3n) is 2.61. The van der Waals surface area contributed by atoms with Crippen molar-refractivity contribution < 1.29 is 14.3 Å². The largest absolute Gasteiger partial charge is 0.462 e. The van der Waals surface area contributed by atoms with Crippen LogP contribution in [0.15, 0.2) is 10.6 Å². The molecule has 0 aromatic carbocycles. The summed E-state index contributed by atoms with van der Waals surface area (Å²) in [5.74, 6) is -0.373. The quantitative estimate of drug-likeness (QED) is 0.435. The molecule has 1 fully saturated rings. The van der Waals surface area contributed by atoms with Gasteiger partial charge in [0.25, 0.3) is 0 Å². The summed E-state index contributed by atoms with van der Waals surface area (Å²) in [6.45, 7) is 3.05. The van der Waals surface area contributed by atoms with Crippen molar-refractivity contribution in [2.24, 2.45) is 0 Å². The van der Waals surface area contributed by atoms with Gasteiger partial charge in [-0.05, 0) is 13.2 Å². The van der Waals surface area contributed by atoms with E-state index in [-0.39, 0.29) is 18.0 Å². The summed E-state index contributed by atoms with van der Waals surface area (Å²) in [4.78, 5) is 24.8. The van der Waals surface area contributed by atoms with E-state index < -0.39 is 5.97 Å². The van der Waals surface area contributed by atoms with Crippen LogP contribution < -0.4 is 0 Å². The number of ether oxygens (including phenoxy) is 1. The van der Waals surface area contributed by atoms with E-state index >= 15 is 0 Å². The molecule has 0 saturated carbocycles. The molecule has 0 radical (unpaired) electrons. The molecule has 1 saturated heterocycles. The van der Waals surface area contributed by atoms with Gasteiger partial charge < -0.3 is 9.64 Å². The molecule has 18 heavy (non-hydrogen) atoms. The Labute approximate surface area is 111 Å². The van der Waals surface area contributed by atoms with Crippen LogP contribution in [0.5, 0.6) is 0 Å². The van der Waals surface area contributed by atoms with Gasteiger partial charge in [-0.2, -0.15) is 5.26 Å². The summed E-state index contributed by atoms with van der Waals surface area (Å²) >= 11 is 1.34. The van der Waals surface area contributed by atoms with Crippen LogP contribution in [0.2, 0.25) is 0 Å². The van der Waals surface area contributed by atoms with E-state index in [4.69, 9.17) is 10.00 Å². The van der Waals surface area contributed by atoms with Gasteiger partial charge >= 0.3 is 5.97 Å². The first-order valence-electron chi connectivity index (χ1n) is 5.76. The number of nitrogens with zero attached hydrogens (tertiary/aromatic N) is 2. The molecular formula is C12H16N2O3S. The second-order valence-electron chi connectivity index (χ2n) is 3.74. The Balaban J connectivity index is 2.93. The summed E-state index contributed by atoms with van der Waals surface area (Å²) in [6.07, 6.45) is 2.74. The van der Waals surface area contributed by atoms with Gasteiger partial charge in [-0.15, -0.1) is 11.8 Å². The first-order valence-corrected chi connectivity index (χ1v) is 6.98. The lowest BCUT2D eigenvalue weighted by molar-refractivity contribution is -0.138. The number of carbonyl (C=O) groups is 2. The molecule has 0 atom stereocenters. The Morgan fingerprint density at radius 3 is 2.56 bits per heavy atom. The lowest BCUT2D eigenvalue weighted by atomic mass is 10.1. The summed E-state index contributed by atoms with van der Waals surface area (Å²) in [5, 5.41) is 9.69. The zero-order chi connectivity index (χ0) is 13.5. The summed E-state index contributed by atoms with van der Waals surface area (Å²) < 4.78 is 4.86. The van der Waals surface area contributed by atoms with Crippen molar-refractivity contribution in [3.05, 3.63) is 10.6 Å². The van der Waals surface area contributed by atoms with Gasteiger partial charge in [0.1, 0.15) is 11.9 Å². The fourth-order valence-corrected chi connectivity index (χ4v) is 2.51. The van der Waals surface area contributed by atoms with Crippen LogP contribution in [0.1, 0.15) is 19.8 Å². The minimum absolute atomic E-state index is 0.0266. The molecule has 0 unspecified atom stereocenters. The first kappa shape index (κ1) is 14.6. The molecule has 98 valence electrons. The average Bonchev–Trinajstić information content (AvgIpc) is 2.37. The van der Waals surface area contributed by atoms with Gasteiger partial charge in [0.2, 0.25) is 0 Å². The fourth-order valence-electron chi connectivity index (χ4n) is 1.73. The standard InChI is InChI=1S/C12H16N2O3S/c1-3-17-12(16)10(8-13)11(18-2)14-6-4-9(15)5-7-14/h3-7H2,1-2H3/b11-10-. The van der Waals surface area contributed by atoms with E-state index in [2.05, 4.69) is 0 Å². The predicted octanol–water partition coefficient (Wildman–Crippen LogP) is 1.31. The van der Waals surface area contributed by atoms with Gasteiger partial charge in [-0.25, -0.2) is 4.79 Å². The van der Waals surface area contributed by atoms with Gasteiger partial charge in [-0.1, -0.05) is 0 Å². The zero-order valence-corrected chi connectivity index (χ0v) is 11.4. The average molecular weight is 268 g/mol. The molecular weight excluding hydrogens is 252 g/mol. The van der Waals surface area contributed by atoms with Crippen molar-refractivity contribution in [3.8, 4) is 6.07 Å². The van der Waals surface area contributed by atoms with Crippen molar-refractivity contribution in [2.75, 3.05) is 26.0 Å². The van der Waals surface area contributed by atoms with Gasteiger partial charge in [0.05, 0.1) is 11.6 Å². The predicted molar refractivity (Wildman–Crippen MR) is 68.6 cm³/mol. The highest BCUT2D eigenvalue weighted by Crippen LogP contribution is 2.25. The number of likely N-dealkylation sites (tertiary alicyclic amines) is 1. The number of hydrogen-bond acceptors (Lipinski definition) is 6.